The van der Waals surface area contributed by atoms with Crippen LogP contribution in [0, 0.1) is 18.3 Å². The van der Waals surface area contributed by atoms with Crippen molar-refractivity contribution in [3.8, 4) is 23.8 Å². The molecular weight excluding hydrogens is 727 g/mol. The minimum Gasteiger partial charge on any atom is -0.487 e. The molecular formula is C45H55N3O9. The van der Waals surface area contributed by atoms with Gasteiger partial charge in [-0.2, -0.15) is 0 Å². The molecule has 0 aliphatic heterocycles. The Morgan fingerprint density at radius 1 is 0.789 bits per heavy atom. The summed E-state index contributed by atoms with van der Waals surface area (Å²) >= 11 is 0. The van der Waals surface area contributed by atoms with Crippen molar-refractivity contribution in [2.45, 2.75) is 85.0 Å². The first-order chi connectivity index (χ1) is 27.1. The van der Waals surface area contributed by atoms with Gasteiger partial charge in [0.25, 0.3) is 0 Å². The van der Waals surface area contributed by atoms with Gasteiger partial charge in [0, 0.05) is 62.7 Å². The maximum atomic E-state index is 13.4. The van der Waals surface area contributed by atoms with Gasteiger partial charge in [-0.3, -0.25) is 14.4 Å². The lowest BCUT2D eigenvalue weighted by Gasteiger charge is -2.26. The molecule has 4 rings (SSSR count). The van der Waals surface area contributed by atoms with Gasteiger partial charge in [-0.15, -0.1) is 6.42 Å². The van der Waals surface area contributed by atoms with E-state index in [4.69, 9.17) is 39.8 Å². The predicted octanol–water partition coefficient (Wildman–Crippen LogP) is 7.58. The zero-order valence-electron chi connectivity index (χ0n) is 34.4. The van der Waals surface area contributed by atoms with E-state index in [1.165, 1.54) is 6.33 Å². The predicted molar refractivity (Wildman–Crippen MR) is 219 cm³/mol. The summed E-state index contributed by atoms with van der Waals surface area (Å²) in [6.07, 6.45) is 7.51. The monoisotopic (exact) mass is 781 g/mol. The molecule has 0 saturated heterocycles. The van der Waals surface area contributed by atoms with Crippen molar-refractivity contribution >= 4 is 40.1 Å². The van der Waals surface area contributed by atoms with Crippen LogP contribution in [0.4, 0.5) is 11.5 Å². The molecule has 0 aliphatic carbocycles. The summed E-state index contributed by atoms with van der Waals surface area (Å²) in [5.41, 5.74) is 2.49. The number of esters is 2. The van der Waals surface area contributed by atoms with Gasteiger partial charge in [0.15, 0.2) is 11.5 Å². The molecule has 0 saturated carbocycles. The number of fused-ring (bicyclic) bond motifs is 1. The molecule has 1 heterocycles. The number of terminal acetylenes is 1. The van der Waals surface area contributed by atoms with Gasteiger partial charge in [0.05, 0.1) is 24.6 Å². The molecule has 1 atom stereocenters. The van der Waals surface area contributed by atoms with Crippen molar-refractivity contribution in [2.24, 2.45) is 5.92 Å². The Hall–Kier alpha value is -5.51. The first kappa shape index (κ1) is 44.2. The largest absolute Gasteiger partial charge is 0.487 e. The van der Waals surface area contributed by atoms with Gasteiger partial charge in [-0.25, -0.2) is 9.97 Å². The molecule has 57 heavy (non-hydrogen) atoms. The van der Waals surface area contributed by atoms with Crippen LogP contribution in [0.15, 0.2) is 67.0 Å². The van der Waals surface area contributed by atoms with Crippen LogP contribution in [0.3, 0.4) is 0 Å². The molecule has 0 bridgehead atoms. The lowest BCUT2D eigenvalue weighted by Crippen LogP contribution is -2.31. The molecule has 4 aromatic rings. The highest BCUT2D eigenvalue weighted by atomic mass is 16.6. The Labute approximate surface area is 336 Å². The summed E-state index contributed by atoms with van der Waals surface area (Å²) in [4.78, 5) is 50.3. The van der Waals surface area contributed by atoms with Gasteiger partial charge in [0.1, 0.15) is 42.3 Å². The van der Waals surface area contributed by atoms with Crippen LogP contribution in [0.1, 0.15) is 77.5 Å². The molecule has 304 valence electrons. The van der Waals surface area contributed by atoms with E-state index in [2.05, 4.69) is 10.9 Å². The van der Waals surface area contributed by atoms with Crippen LogP contribution in [-0.4, -0.2) is 79.5 Å². The zero-order chi connectivity index (χ0) is 41.6. The SMILES string of the molecule is C#Cc1cccc(N(Cc2ccc(CC(=O)C[C@@H](CCC(=O)OC(C)(C)C)C(=O)OC(C)(C)C)cc2)c2ncnc3cc(OCCOC)c(OCCOC)cc23)c1. The van der Waals surface area contributed by atoms with E-state index >= 15 is 0 Å². The van der Waals surface area contributed by atoms with Gasteiger partial charge < -0.3 is 33.3 Å². The van der Waals surface area contributed by atoms with Gasteiger partial charge in [-0.05, 0) is 83.4 Å². The number of anilines is 2. The number of Topliss-reactive ketones (excluding diaryl/α,β-unsaturated/α-hetero) is 1. The number of carbonyl (C=O) groups excluding carboxylic acids is 3. The molecule has 0 fully saturated rings. The lowest BCUT2D eigenvalue weighted by atomic mass is 9.93. The van der Waals surface area contributed by atoms with Gasteiger partial charge in [-0.1, -0.05) is 36.3 Å². The maximum absolute atomic E-state index is 13.4. The second-order valence-corrected chi connectivity index (χ2v) is 15.6. The van der Waals surface area contributed by atoms with E-state index in [0.717, 1.165) is 22.2 Å². The van der Waals surface area contributed by atoms with Crippen LogP contribution in [0.2, 0.25) is 0 Å². The number of benzene rings is 3. The average Bonchev–Trinajstić information content (AvgIpc) is 3.15. The Morgan fingerprint density at radius 3 is 2.04 bits per heavy atom. The molecule has 0 aliphatic rings. The van der Waals surface area contributed by atoms with Crippen LogP contribution in [0.25, 0.3) is 10.9 Å². The third kappa shape index (κ3) is 14.2. The molecule has 0 spiro atoms. The summed E-state index contributed by atoms with van der Waals surface area (Å²) in [5.74, 6) is 2.51. The molecule has 0 unspecified atom stereocenters. The molecule has 1 aromatic heterocycles. The Kier molecular flexibility index (Phi) is 16.0. The molecule has 0 amide bonds. The topological polar surface area (TPSA) is 136 Å². The first-order valence-electron chi connectivity index (χ1n) is 19.0. The molecule has 12 heteroatoms. The third-order valence-corrected chi connectivity index (χ3v) is 8.45. The minimum atomic E-state index is -0.780. The number of ether oxygens (including phenoxy) is 6. The highest BCUT2D eigenvalue weighted by molar-refractivity contribution is 5.94. The van der Waals surface area contributed by atoms with Crippen molar-refractivity contribution in [3.05, 3.63) is 83.7 Å². The fraction of sp³-hybridized carbons (Fsp3) is 0.444. The Balaban J connectivity index is 1.60. The first-order valence-corrected chi connectivity index (χ1v) is 19.0. The van der Waals surface area contributed by atoms with E-state index < -0.39 is 29.1 Å². The van der Waals surface area contributed by atoms with Crippen molar-refractivity contribution in [2.75, 3.05) is 45.5 Å². The highest BCUT2D eigenvalue weighted by Gasteiger charge is 2.29. The maximum Gasteiger partial charge on any atom is 0.309 e. The fourth-order valence-electron chi connectivity index (χ4n) is 5.91. The average molecular weight is 782 g/mol. The minimum absolute atomic E-state index is 0.00297. The summed E-state index contributed by atoms with van der Waals surface area (Å²) < 4.78 is 33.5. The van der Waals surface area contributed by atoms with E-state index in [1.54, 1.807) is 55.8 Å². The van der Waals surface area contributed by atoms with Crippen molar-refractivity contribution in [3.63, 3.8) is 0 Å². The van der Waals surface area contributed by atoms with E-state index in [9.17, 15) is 14.4 Å². The van der Waals surface area contributed by atoms with E-state index in [0.29, 0.717) is 61.4 Å². The zero-order valence-corrected chi connectivity index (χ0v) is 34.4. The van der Waals surface area contributed by atoms with E-state index in [-0.39, 0.29) is 31.5 Å². The summed E-state index contributed by atoms with van der Waals surface area (Å²) in [6, 6.07) is 19.0. The molecule has 0 N–H and O–H groups in total. The molecule has 12 nitrogen and oxygen atoms in total. The number of hydrogen-bond acceptors (Lipinski definition) is 12. The van der Waals surface area contributed by atoms with Crippen molar-refractivity contribution in [1.29, 1.82) is 0 Å². The normalized spacial score (nSPS) is 12.1. The second kappa shape index (κ2) is 20.6. The Morgan fingerprint density at radius 2 is 1.42 bits per heavy atom. The summed E-state index contributed by atoms with van der Waals surface area (Å²) in [7, 11) is 3.22. The van der Waals surface area contributed by atoms with Crippen LogP contribution >= 0.6 is 0 Å². The van der Waals surface area contributed by atoms with Gasteiger partial charge in [0.2, 0.25) is 0 Å². The number of rotatable bonds is 20. The number of ketones is 1. The summed E-state index contributed by atoms with van der Waals surface area (Å²) in [5, 5.41) is 0.726. The number of aromatic nitrogens is 2. The molecule has 3 aromatic carbocycles. The quantitative estimate of drug-likeness (QED) is 0.0497. The number of hydrogen-bond donors (Lipinski definition) is 0. The van der Waals surface area contributed by atoms with E-state index in [1.807, 2.05) is 65.6 Å². The standard InChI is InChI=1S/C45H55N3O9/c1-10-31-12-11-13-35(24-31)48(42-37-27-39(54-22-20-52-8)40(55-23-21-53-9)28-38(37)46-30-47-42)29-33-16-14-32(15-17-33)25-36(49)26-34(43(51)57-45(5,6)7)18-19-41(50)56-44(2,3)4/h1,11-17,24,27-28,30,34H,18-23,25-26,29H2,2-9H3/t34-/m1/s1. The lowest BCUT2D eigenvalue weighted by molar-refractivity contribution is -0.162. The number of methoxy groups -OCH3 is 2. The van der Waals surface area contributed by atoms with Crippen LogP contribution in [-0.2, 0) is 46.3 Å². The molecule has 0 radical (unpaired) electrons. The Bertz CT molecular complexity index is 2010. The smallest absolute Gasteiger partial charge is 0.309 e. The van der Waals surface area contributed by atoms with Gasteiger partial charge >= 0.3 is 11.9 Å². The van der Waals surface area contributed by atoms with Crippen LogP contribution in [0.5, 0.6) is 11.5 Å². The number of nitrogens with zero attached hydrogens (tertiary/aromatic N) is 3. The second-order valence-electron chi connectivity index (χ2n) is 15.6. The fourth-order valence-corrected chi connectivity index (χ4v) is 5.91. The van der Waals surface area contributed by atoms with Crippen molar-refractivity contribution < 1.29 is 42.8 Å². The third-order valence-electron chi connectivity index (χ3n) is 8.45. The van der Waals surface area contributed by atoms with Crippen LogP contribution < -0.4 is 14.4 Å². The number of carbonyl (C=O) groups is 3. The highest BCUT2D eigenvalue weighted by Crippen LogP contribution is 2.38. The van der Waals surface area contributed by atoms with Crippen molar-refractivity contribution in [1.82, 2.24) is 9.97 Å². The summed E-state index contributed by atoms with van der Waals surface area (Å²) in [6.45, 7) is 12.5.